The Morgan fingerprint density at radius 1 is 1.25 bits per heavy atom. The molecule has 4 rings (SSSR count). The summed E-state index contributed by atoms with van der Waals surface area (Å²) in [4.78, 5) is 22.7. The topological polar surface area (TPSA) is 72.1 Å². The number of likely N-dealkylation sites (tertiary alicyclic amines) is 1. The summed E-state index contributed by atoms with van der Waals surface area (Å²) in [7, 11) is 0. The number of amides is 1. The van der Waals surface area contributed by atoms with Crippen LogP contribution in [0.4, 0.5) is 0 Å². The molecular weight excluding hydrogens is 372 g/mol. The molecule has 1 fully saturated rings. The fourth-order valence-corrected chi connectivity index (χ4v) is 3.02. The van der Waals surface area contributed by atoms with Gasteiger partial charge in [0.2, 0.25) is 11.7 Å². The third-order valence-electron chi connectivity index (χ3n) is 3.95. The van der Waals surface area contributed by atoms with Gasteiger partial charge in [-0.15, -0.1) is 0 Å². The lowest BCUT2D eigenvalue weighted by Gasteiger charge is -2.37. The highest BCUT2D eigenvalue weighted by Crippen LogP contribution is 2.29. The van der Waals surface area contributed by atoms with Crippen LogP contribution in [0.25, 0.3) is 11.4 Å². The van der Waals surface area contributed by atoms with Gasteiger partial charge in [-0.2, -0.15) is 4.98 Å². The summed E-state index contributed by atoms with van der Waals surface area (Å²) in [5.74, 6) is 1.18. The number of carbonyl (C=O) groups excluding carboxylic acids is 1. The number of rotatable bonds is 3. The SMILES string of the molecule is O=C(c1cccc(Br)c1)N1CC(c2nc(-c3cccnc3)no2)C1. The Bertz CT molecular complexity index is 875. The first-order valence-electron chi connectivity index (χ1n) is 7.49. The zero-order valence-electron chi connectivity index (χ0n) is 12.6. The van der Waals surface area contributed by atoms with Crippen LogP contribution in [-0.4, -0.2) is 39.0 Å². The summed E-state index contributed by atoms with van der Waals surface area (Å²) >= 11 is 3.38. The van der Waals surface area contributed by atoms with E-state index in [0.717, 1.165) is 10.0 Å². The second-order valence-electron chi connectivity index (χ2n) is 5.62. The third-order valence-corrected chi connectivity index (χ3v) is 4.44. The fourth-order valence-electron chi connectivity index (χ4n) is 2.62. The van der Waals surface area contributed by atoms with E-state index in [1.807, 2.05) is 36.4 Å². The van der Waals surface area contributed by atoms with Crippen molar-refractivity contribution in [3.05, 3.63) is 64.7 Å². The van der Waals surface area contributed by atoms with Gasteiger partial charge in [-0.1, -0.05) is 27.2 Å². The van der Waals surface area contributed by atoms with E-state index in [9.17, 15) is 4.79 Å². The third kappa shape index (κ3) is 2.82. The maximum absolute atomic E-state index is 12.4. The van der Waals surface area contributed by atoms with Gasteiger partial charge >= 0.3 is 0 Å². The van der Waals surface area contributed by atoms with Crippen LogP contribution < -0.4 is 0 Å². The van der Waals surface area contributed by atoms with Gasteiger partial charge in [0.15, 0.2) is 0 Å². The number of nitrogens with zero attached hydrogens (tertiary/aromatic N) is 4. The quantitative estimate of drug-likeness (QED) is 0.693. The summed E-state index contributed by atoms with van der Waals surface area (Å²) in [5.41, 5.74) is 1.48. The lowest BCUT2D eigenvalue weighted by molar-refractivity contribution is 0.0569. The number of carbonyl (C=O) groups is 1. The van der Waals surface area contributed by atoms with Gasteiger partial charge in [0.05, 0.1) is 5.92 Å². The molecule has 120 valence electrons. The Morgan fingerprint density at radius 2 is 2.12 bits per heavy atom. The van der Waals surface area contributed by atoms with Crippen LogP contribution in [0.15, 0.2) is 57.8 Å². The molecule has 0 saturated carbocycles. The van der Waals surface area contributed by atoms with Crippen molar-refractivity contribution in [2.45, 2.75) is 5.92 Å². The molecule has 0 unspecified atom stereocenters. The first kappa shape index (κ1) is 15.0. The van der Waals surface area contributed by atoms with Crippen LogP contribution in [0.5, 0.6) is 0 Å². The molecule has 6 nitrogen and oxygen atoms in total. The fraction of sp³-hybridized carbons (Fsp3) is 0.176. The van der Waals surface area contributed by atoms with Gasteiger partial charge in [-0.25, -0.2) is 0 Å². The molecule has 0 N–H and O–H groups in total. The first-order chi connectivity index (χ1) is 11.7. The monoisotopic (exact) mass is 384 g/mol. The average molecular weight is 385 g/mol. The number of hydrogen-bond donors (Lipinski definition) is 0. The van der Waals surface area contributed by atoms with Crippen molar-refractivity contribution in [1.29, 1.82) is 0 Å². The molecule has 3 aromatic rings. The molecular formula is C17H13BrN4O2. The zero-order chi connectivity index (χ0) is 16.5. The smallest absolute Gasteiger partial charge is 0.253 e. The average Bonchev–Trinajstić information content (AvgIpc) is 3.04. The van der Waals surface area contributed by atoms with Crippen LogP contribution >= 0.6 is 15.9 Å². The molecule has 3 heterocycles. The van der Waals surface area contributed by atoms with Gasteiger partial charge in [0, 0.05) is 41.1 Å². The maximum atomic E-state index is 12.4. The van der Waals surface area contributed by atoms with Crippen molar-refractivity contribution >= 4 is 21.8 Å². The molecule has 0 spiro atoms. The van der Waals surface area contributed by atoms with E-state index in [-0.39, 0.29) is 11.8 Å². The number of aromatic nitrogens is 3. The van der Waals surface area contributed by atoms with Crippen LogP contribution in [-0.2, 0) is 0 Å². The van der Waals surface area contributed by atoms with Crippen molar-refractivity contribution in [3.63, 3.8) is 0 Å². The molecule has 2 aromatic heterocycles. The van der Waals surface area contributed by atoms with Gasteiger partial charge in [-0.3, -0.25) is 9.78 Å². The lowest BCUT2D eigenvalue weighted by atomic mass is 9.99. The summed E-state index contributed by atoms with van der Waals surface area (Å²) < 4.78 is 6.23. The van der Waals surface area contributed by atoms with Gasteiger partial charge < -0.3 is 9.42 Å². The molecule has 0 radical (unpaired) electrons. The molecule has 1 amide bonds. The van der Waals surface area contributed by atoms with E-state index in [1.54, 1.807) is 17.3 Å². The molecule has 1 aliphatic heterocycles. The first-order valence-corrected chi connectivity index (χ1v) is 8.29. The van der Waals surface area contributed by atoms with Gasteiger partial charge in [0.1, 0.15) is 0 Å². The van der Waals surface area contributed by atoms with Crippen molar-refractivity contribution in [1.82, 2.24) is 20.0 Å². The van der Waals surface area contributed by atoms with E-state index >= 15 is 0 Å². The zero-order valence-corrected chi connectivity index (χ0v) is 14.2. The van der Waals surface area contributed by atoms with Crippen LogP contribution in [0, 0.1) is 0 Å². The highest BCUT2D eigenvalue weighted by molar-refractivity contribution is 9.10. The van der Waals surface area contributed by atoms with Crippen molar-refractivity contribution in [2.75, 3.05) is 13.1 Å². The standard InChI is InChI=1S/C17H13BrN4O2/c18-14-5-1-3-11(7-14)17(23)22-9-13(10-22)16-20-15(21-24-16)12-4-2-6-19-8-12/h1-8,13H,9-10H2. The maximum Gasteiger partial charge on any atom is 0.253 e. The number of hydrogen-bond acceptors (Lipinski definition) is 5. The Balaban J connectivity index is 1.43. The van der Waals surface area contributed by atoms with Crippen LogP contribution in [0.3, 0.4) is 0 Å². The van der Waals surface area contributed by atoms with E-state index in [4.69, 9.17) is 4.52 Å². The number of benzene rings is 1. The minimum Gasteiger partial charge on any atom is -0.339 e. The molecule has 7 heteroatoms. The van der Waals surface area contributed by atoms with Gasteiger partial charge in [0.25, 0.3) is 5.91 Å². The molecule has 1 saturated heterocycles. The Hall–Kier alpha value is -2.54. The molecule has 24 heavy (non-hydrogen) atoms. The highest BCUT2D eigenvalue weighted by Gasteiger charge is 2.36. The normalized spacial score (nSPS) is 14.5. The molecule has 0 aliphatic carbocycles. The summed E-state index contributed by atoms with van der Waals surface area (Å²) in [5, 5.41) is 3.99. The van der Waals surface area contributed by atoms with Crippen LogP contribution in [0.2, 0.25) is 0 Å². The predicted octanol–water partition coefficient (Wildman–Crippen LogP) is 3.13. The Morgan fingerprint density at radius 3 is 2.88 bits per heavy atom. The van der Waals surface area contributed by atoms with Gasteiger partial charge in [-0.05, 0) is 30.3 Å². The second-order valence-corrected chi connectivity index (χ2v) is 6.53. The van der Waals surface area contributed by atoms with Crippen molar-refractivity contribution in [2.24, 2.45) is 0 Å². The largest absolute Gasteiger partial charge is 0.339 e. The predicted molar refractivity (Wildman–Crippen MR) is 90.3 cm³/mol. The highest BCUT2D eigenvalue weighted by atomic mass is 79.9. The summed E-state index contributed by atoms with van der Waals surface area (Å²) in [6, 6.07) is 11.1. The number of pyridine rings is 1. The molecule has 0 bridgehead atoms. The second kappa shape index (κ2) is 6.16. The van der Waals surface area contributed by atoms with E-state index in [0.29, 0.717) is 30.4 Å². The summed E-state index contributed by atoms with van der Waals surface area (Å²) in [6.07, 6.45) is 3.39. The Kier molecular flexibility index (Phi) is 3.86. The van der Waals surface area contributed by atoms with Crippen molar-refractivity contribution in [3.8, 4) is 11.4 Å². The lowest BCUT2D eigenvalue weighted by Crippen LogP contribution is -2.48. The van der Waals surface area contributed by atoms with Crippen LogP contribution in [0.1, 0.15) is 22.2 Å². The minimum atomic E-state index is 0.0135. The van der Waals surface area contributed by atoms with E-state index in [2.05, 4.69) is 31.1 Å². The van der Waals surface area contributed by atoms with E-state index < -0.39 is 0 Å². The minimum absolute atomic E-state index is 0.0135. The van der Waals surface area contributed by atoms with Crippen molar-refractivity contribution < 1.29 is 9.32 Å². The molecule has 1 aromatic carbocycles. The molecule has 0 atom stereocenters. The summed E-state index contributed by atoms with van der Waals surface area (Å²) in [6.45, 7) is 1.17. The van der Waals surface area contributed by atoms with E-state index in [1.165, 1.54) is 0 Å². The number of halogens is 1. The molecule has 1 aliphatic rings. The Labute approximate surface area is 146 Å².